The van der Waals surface area contributed by atoms with Gasteiger partial charge < -0.3 is 0 Å². The molecule has 1 unspecified atom stereocenters. The van der Waals surface area contributed by atoms with Gasteiger partial charge in [-0.2, -0.15) is 0 Å². The van der Waals surface area contributed by atoms with Crippen molar-refractivity contribution < 1.29 is 0 Å². The average molecular weight is 299 g/mol. The van der Waals surface area contributed by atoms with Gasteiger partial charge in [0, 0.05) is 0 Å². The molecule has 1 atom stereocenters. The van der Waals surface area contributed by atoms with Gasteiger partial charge in [0.25, 0.3) is 0 Å². The lowest BCUT2D eigenvalue weighted by atomic mass is 9.58. The molecule has 0 aromatic heterocycles. The second-order valence-electron chi connectivity index (χ2n) is 8.57. The molecule has 0 aromatic rings. The summed E-state index contributed by atoms with van der Waals surface area (Å²) in [5.74, 6) is 0.679. The first kappa shape index (κ1) is 17.3. The minimum absolute atomic E-state index is 0.349. The maximum absolute atomic E-state index is 3.87. The monoisotopic (exact) mass is 298 g/mol. The minimum Gasteiger partial charge on any atom is -0.0991 e. The van der Waals surface area contributed by atoms with Crippen molar-refractivity contribution in [3.63, 3.8) is 0 Å². The molecule has 0 N–H and O–H groups in total. The van der Waals surface area contributed by atoms with E-state index in [1.165, 1.54) is 31.3 Å². The van der Waals surface area contributed by atoms with Crippen LogP contribution in [0, 0.1) is 16.7 Å². The second-order valence-corrected chi connectivity index (χ2v) is 8.57. The predicted molar refractivity (Wildman–Crippen MR) is 98.9 cm³/mol. The third-order valence-corrected chi connectivity index (χ3v) is 6.03. The zero-order valence-electron chi connectivity index (χ0n) is 15.6. The molecule has 0 bridgehead atoms. The first-order valence-electron chi connectivity index (χ1n) is 8.94. The van der Waals surface area contributed by atoms with E-state index in [2.05, 4.69) is 60.3 Å². The molecular formula is C22H34. The maximum atomic E-state index is 3.87. The van der Waals surface area contributed by atoms with Crippen LogP contribution in [0.4, 0.5) is 0 Å². The highest BCUT2D eigenvalue weighted by Crippen LogP contribution is 2.54. The van der Waals surface area contributed by atoms with E-state index in [-0.39, 0.29) is 0 Å². The molecule has 0 spiro atoms. The van der Waals surface area contributed by atoms with Crippen molar-refractivity contribution in [2.75, 3.05) is 0 Å². The summed E-state index contributed by atoms with van der Waals surface area (Å²) in [7, 11) is 0. The second kappa shape index (κ2) is 6.22. The van der Waals surface area contributed by atoms with E-state index in [4.69, 9.17) is 0 Å². The molecule has 0 fully saturated rings. The Balaban J connectivity index is 2.34. The molecular weight excluding hydrogens is 264 g/mol. The Morgan fingerprint density at radius 2 is 1.86 bits per heavy atom. The molecule has 0 nitrogen and oxygen atoms in total. The van der Waals surface area contributed by atoms with Crippen molar-refractivity contribution in [2.45, 2.75) is 73.6 Å². The molecule has 2 aliphatic carbocycles. The third-order valence-electron chi connectivity index (χ3n) is 6.03. The molecule has 0 aliphatic heterocycles. The molecule has 0 aromatic carbocycles. The highest BCUT2D eigenvalue weighted by atomic mass is 14.5. The molecule has 0 amide bonds. The first-order valence-corrected chi connectivity index (χ1v) is 8.94. The summed E-state index contributed by atoms with van der Waals surface area (Å²) in [6.07, 6.45) is 12.9. The van der Waals surface area contributed by atoms with Crippen LogP contribution in [-0.2, 0) is 0 Å². The molecule has 0 heterocycles. The number of rotatable bonds is 4. The SMILES string of the molecule is C=C/C=C(\CC)CC1CC2=C(C=C1C)C(C)(C)CCC2(C)C. The quantitative estimate of drug-likeness (QED) is 0.490. The van der Waals surface area contributed by atoms with Crippen LogP contribution < -0.4 is 0 Å². The van der Waals surface area contributed by atoms with Crippen LogP contribution in [0.25, 0.3) is 0 Å². The minimum atomic E-state index is 0.349. The van der Waals surface area contributed by atoms with Crippen LogP contribution in [0.2, 0.25) is 0 Å². The third kappa shape index (κ3) is 3.31. The number of hydrogen-bond acceptors (Lipinski definition) is 0. The van der Waals surface area contributed by atoms with Gasteiger partial charge in [-0.25, -0.2) is 0 Å². The Bertz CT molecular complexity index is 534. The Hall–Kier alpha value is -1.04. The van der Waals surface area contributed by atoms with E-state index < -0.39 is 0 Å². The lowest BCUT2D eigenvalue weighted by molar-refractivity contribution is 0.250. The van der Waals surface area contributed by atoms with Gasteiger partial charge in [0.15, 0.2) is 0 Å². The van der Waals surface area contributed by atoms with Crippen molar-refractivity contribution in [1.29, 1.82) is 0 Å². The fraction of sp³-hybridized carbons (Fsp3) is 0.636. The Labute approximate surface area is 138 Å². The van der Waals surface area contributed by atoms with E-state index in [1.54, 1.807) is 16.7 Å². The zero-order chi connectivity index (χ0) is 16.5. The van der Waals surface area contributed by atoms with E-state index in [0.29, 0.717) is 16.7 Å². The summed E-state index contributed by atoms with van der Waals surface area (Å²) >= 11 is 0. The fourth-order valence-corrected chi connectivity index (χ4v) is 4.15. The molecule has 2 rings (SSSR count). The molecule has 0 saturated carbocycles. The van der Waals surface area contributed by atoms with Gasteiger partial charge in [0.05, 0.1) is 0 Å². The van der Waals surface area contributed by atoms with Gasteiger partial charge in [-0.3, -0.25) is 0 Å². The normalized spacial score (nSPS) is 27.3. The molecule has 0 radical (unpaired) electrons. The van der Waals surface area contributed by atoms with Gasteiger partial charge in [-0.15, -0.1) is 0 Å². The Kier molecular flexibility index (Phi) is 4.90. The van der Waals surface area contributed by atoms with Crippen molar-refractivity contribution in [3.8, 4) is 0 Å². The molecule has 122 valence electrons. The number of allylic oxidation sites excluding steroid dienone is 7. The Morgan fingerprint density at radius 3 is 2.45 bits per heavy atom. The topological polar surface area (TPSA) is 0 Å². The molecule has 0 heteroatoms. The van der Waals surface area contributed by atoms with Crippen LogP contribution in [0.5, 0.6) is 0 Å². The molecule has 22 heavy (non-hydrogen) atoms. The summed E-state index contributed by atoms with van der Waals surface area (Å²) in [6, 6.07) is 0. The van der Waals surface area contributed by atoms with E-state index in [1.807, 2.05) is 6.08 Å². The molecule has 0 saturated heterocycles. The van der Waals surface area contributed by atoms with Crippen LogP contribution in [0.3, 0.4) is 0 Å². The zero-order valence-corrected chi connectivity index (χ0v) is 15.6. The van der Waals surface area contributed by atoms with E-state index in [0.717, 1.165) is 6.42 Å². The van der Waals surface area contributed by atoms with E-state index in [9.17, 15) is 0 Å². The van der Waals surface area contributed by atoms with Gasteiger partial charge in [0.1, 0.15) is 0 Å². The van der Waals surface area contributed by atoms with Crippen molar-refractivity contribution in [2.24, 2.45) is 16.7 Å². The van der Waals surface area contributed by atoms with Crippen LogP contribution >= 0.6 is 0 Å². The van der Waals surface area contributed by atoms with Crippen LogP contribution in [0.1, 0.15) is 73.6 Å². The van der Waals surface area contributed by atoms with Gasteiger partial charge in [0.2, 0.25) is 0 Å². The highest BCUT2D eigenvalue weighted by Gasteiger charge is 2.40. The lowest BCUT2D eigenvalue weighted by Gasteiger charge is -2.46. The summed E-state index contributed by atoms with van der Waals surface area (Å²) in [5, 5.41) is 0. The van der Waals surface area contributed by atoms with Gasteiger partial charge in [-0.1, -0.05) is 76.1 Å². The summed E-state index contributed by atoms with van der Waals surface area (Å²) in [5.41, 5.74) is 7.20. The Morgan fingerprint density at radius 1 is 1.23 bits per heavy atom. The summed E-state index contributed by atoms with van der Waals surface area (Å²) in [6.45, 7) is 18.2. The van der Waals surface area contributed by atoms with Crippen LogP contribution in [0.15, 0.2) is 47.1 Å². The van der Waals surface area contributed by atoms with E-state index >= 15 is 0 Å². The largest absolute Gasteiger partial charge is 0.0991 e. The predicted octanol–water partition coefficient (Wildman–Crippen LogP) is 7.01. The van der Waals surface area contributed by atoms with Crippen molar-refractivity contribution in [1.82, 2.24) is 0 Å². The van der Waals surface area contributed by atoms with Crippen molar-refractivity contribution in [3.05, 3.63) is 47.1 Å². The standard InChI is InChI=1S/C22H34/c1-8-10-17(9-2)14-18-15-20-19(13-16(18)3)21(4,5)11-12-22(20,6)7/h8,10,13,18H,1,9,11-12,14-15H2,2-7H3/b17-10+. The van der Waals surface area contributed by atoms with Gasteiger partial charge in [-0.05, 0) is 61.3 Å². The fourth-order valence-electron chi connectivity index (χ4n) is 4.15. The smallest absolute Gasteiger partial charge is 0.0103 e. The van der Waals surface area contributed by atoms with Crippen LogP contribution in [-0.4, -0.2) is 0 Å². The first-order chi connectivity index (χ1) is 10.2. The number of hydrogen-bond donors (Lipinski definition) is 0. The highest BCUT2D eigenvalue weighted by molar-refractivity contribution is 5.43. The maximum Gasteiger partial charge on any atom is -0.0103 e. The molecule has 2 aliphatic rings. The van der Waals surface area contributed by atoms with Crippen molar-refractivity contribution >= 4 is 0 Å². The summed E-state index contributed by atoms with van der Waals surface area (Å²) in [4.78, 5) is 0. The average Bonchev–Trinajstić information content (AvgIpc) is 2.45. The van der Waals surface area contributed by atoms with Gasteiger partial charge >= 0.3 is 0 Å². The summed E-state index contributed by atoms with van der Waals surface area (Å²) < 4.78 is 0. The lowest BCUT2D eigenvalue weighted by Crippen LogP contribution is -2.33.